The molecular weight excluding hydrogens is 416 g/mol. The SMILES string of the molecule is C/C=C\C=C/Cc1ccc(CCC2CC(N)=NC(c3ccccc3)(c3ccccc3)C2=O)cc1. The molecule has 0 radical (unpaired) electrons. The molecule has 3 nitrogen and oxygen atoms in total. The van der Waals surface area contributed by atoms with Crippen molar-refractivity contribution < 1.29 is 4.79 Å². The second kappa shape index (κ2) is 10.9. The first-order chi connectivity index (χ1) is 16.6. The number of rotatable bonds is 8. The Kier molecular flexibility index (Phi) is 7.54. The summed E-state index contributed by atoms with van der Waals surface area (Å²) < 4.78 is 0. The van der Waals surface area contributed by atoms with Gasteiger partial charge >= 0.3 is 0 Å². The van der Waals surface area contributed by atoms with Gasteiger partial charge in [0, 0.05) is 12.3 Å². The lowest BCUT2D eigenvalue weighted by atomic mass is 9.71. The summed E-state index contributed by atoms with van der Waals surface area (Å²) in [6.45, 7) is 2.01. The fourth-order valence-electron chi connectivity index (χ4n) is 4.71. The third-order valence-electron chi connectivity index (χ3n) is 6.48. The van der Waals surface area contributed by atoms with E-state index in [4.69, 9.17) is 10.7 Å². The quantitative estimate of drug-likeness (QED) is 0.418. The number of aryl methyl sites for hydroxylation is 1. The number of allylic oxidation sites excluding steroid dienone is 4. The Hall–Kier alpha value is -3.72. The molecule has 3 aromatic rings. The number of nitrogens with two attached hydrogens (primary N) is 1. The van der Waals surface area contributed by atoms with Gasteiger partial charge in [0.15, 0.2) is 11.3 Å². The highest BCUT2D eigenvalue weighted by Gasteiger charge is 2.47. The molecular formula is C31H32N2O. The van der Waals surface area contributed by atoms with E-state index < -0.39 is 5.54 Å². The molecule has 0 aromatic heterocycles. The van der Waals surface area contributed by atoms with Crippen molar-refractivity contribution >= 4 is 11.6 Å². The average molecular weight is 449 g/mol. The Morgan fingerprint density at radius 1 is 0.882 bits per heavy atom. The summed E-state index contributed by atoms with van der Waals surface area (Å²) in [6, 6.07) is 28.3. The highest BCUT2D eigenvalue weighted by Crippen LogP contribution is 2.41. The summed E-state index contributed by atoms with van der Waals surface area (Å²) in [6.07, 6.45) is 11.3. The molecule has 0 saturated carbocycles. The Morgan fingerprint density at radius 3 is 2.06 bits per heavy atom. The molecule has 1 unspecified atom stereocenters. The van der Waals surface area contributed by atoms with Crippen LogP contribution in [0.3, 0.4) is 0 Å². The van der Waals surface area contributed by atoms with E-state index in [0.717, 1.165) is 30.4 Å². The predicted octanol–water partition coefficient (Wildman–Crippen LogP) is 6.18. The third-order valence-corrected chi connectivity index (χ3v) is 6.48. The zero-order valence-corrected chi connectivity index (χ0v) is 19.7. The molecule has 0 saturated heterocycles. The average Bonchev–Trinajstić information content (AvgIpc) is 2.88. The van der Waals surface area contributed by atoms with Crippen molar-refractivity contribution in [3.8, 4) is 0 Å². The van der Waals surface area contributed by atoms with E-state index in [9.17, 15) is 4.79 Å². The number of amidine groups is 1. The molecule has 1 atom stereocenters. The lowest BCUT2D eigenvalue weighted by Crippen LogP contribution is -2.46. The molecule has 4 rings (SSSR count). The molecule has 0 bridgehead atoms. The maximum atomic E-state index is 14.1. The molecule has 3 heteroatoms. The van der Waals surface area contributed by atoms with E-state index in [1.54, 1.807) is 0 Å². The van der Waals surface area contributed by atoms with E-state index >= 15 is 0 Å². The number of aliphatic imine (C=N–C) groups is 1. The zero-order valence-electron chi connectivity index (χ0n) is 19.7. The van der Waals surface area contributed by atoms with Gasteiger partial charge in [-0.2, -0.15) is 0 Å². The standard InChI is InChI=1S/C31H32N2O/c1-2-3-4-7-12-24-17-19-25(20-18-24)21-22-26-23-29(32)33-31(30(26)34,27-13-8-5-9-14-27)28-15-10-6-11-16-28/h2-11,13-20,26H,12,21-23H2,1H3,(H2,32,33)/b3-2-,7-4-. The van der Waals surface area contributed by atoms with Gasteiger partial charge in [-0.25, -0.2) is 4.99 Å². The zero-order chi connectivity index (χ0) is 23.8. The molecule has 0 spiro atoms. The van der Waals surface area contributed by atoms with Crippen LogP contribution in [0.1, 0.15) is 42.0 Å². The summed E-state index contributed by atoms with van der Waals surface area (Å²) in [5, 5.41) is 0. The molecule has 2 N–H and O–H groups in total. The number of hydrogen-bond donors (Lipinski definition) is 1. The van der Waals surface area contributed by atoms with Crippen LogP contribution in [0.15, 0.2) is 114 Å². The number of hydrogen-bond acceptors (Lipinski definition) is 3. The Labute approximate surface area is 202 Å². The second-order valence-electron chi connectivity index (χ2n) is 8.82. The van der Waals surface area contributed by atoms with Gasteiger partial charge in [0.1, 0.15) is 0 Å². The van der Waals surface area contributed by atoms with Crippen LogP contribution in [0.2, 0.25) is 0 Å². The topological polar surface area (TPSA) is 55.4 Å². The monoisotopic (exact) mass is 448 g/mol. The smallest absolute Gasteiger partial charge is 0.173 e. The van der Waals surface area contributed by atoms with Crippen molar-refractivity contribution in [1.29, 1.82) is 0 Å². The minimum absolute atomic E-state index is 0.129. The molecule has 1 heterocycles. The van der Waals surface area contributed by atoms with Crippen LogP contribution in [-0.4, -0.2) is 11.6 Å². The van der Waals surface area contributed by atoms with Crippen LogP contribution in [0, 0.1) is 5.92 Å². The van der Waals surface area contributed by atoms with E-state index in [1.807, 2.05) is 79.7 Å². The minimum atomic E-state index is -1.08. The Bertz CT molecular complexity index is 1140. The van der Waals surface area contributed by atoms with Gasteiger partial charge < -0.3 is 5.73 Å². The number of carbonyl (C=O) groups is 1. The van der Waals surface area contributed by atoms with Crippen LogP contribution in [-0.2, 0) is 23.2 Å². The van der Waals surface area contributed by atoms with Gasteiger partial charge in [0.2, 0.25) is 0 Å². The first kappa shape index (κ1) is 23.4. The van der Waals surface area contributed by atoms with E-state index in [2.05, 4.69) is 36.4 Å². The highest BCUT2D eigenvalue weighted by atomic mass is 16.1. The number of carbonyl (C=O) groups excluding carboxylic acids is 1. The summed E-state index contributed by atoms with van der Waals surface area (Å²) in [5.41, 5.74) is 9.55. The number of benzene rings is 3. The first-order valence-corrected chi connectivity index (χ1v) is 12.0. The second-order valence-corrected chi connectivity index (χ2v) is 8.82. The Morgan fingerprint density at radius 2 is 1.47 bits per heavy atom. The maximum absolute atomic E-state index is 14.1. The van der Waals surface area contributed by atoms with Crippen LogP contribution in [0.25, 0.3) is 0 Å². The van der Waals surface area contributed by atoms with E-state index in [0.29, 0.717) is 12.3 Å². The van der Waals surface area contributed by atoms with Crippen LogP contribution >= 0.6 is 0 Å². The summed E-state index contributed by atoms with van der Waals surface area (Å²) in [5.74, 6) is 0.492. The molecule has 1 aliphatic heterocycles. The van der Waals surface area contributed by atoms with Crippen molar-refractivity contribution in [2.75, 3.05) is 0 Å². The van der Waals surface area contributed by atoms with Crippen molar-refractivity contribution in [2.24, 2.45) is 16.6 Å². The van der Waals surface area contributed by atoms with E-state index in [1.165, 1.54) is 11.1 Å². The normalized spacial score (nSPS) is 17.9. The Balaban J connectivity index is 1.55. The van der Waals surface area contributed by atoms with Crippen LogP contribution < -0.4 is 5.73 Å². The van der Waals surface area contributed by atoms with Crippen molar-refractivity contribution in [1.82, 2.24) is 0 Å². The number of Topliss-reactive ketones (excluding diaryl/α,β-unsaturated/α-hetero) is 1. The van der Waals surface area contributed by atoms with Crippen LogP contribution in [0.4, 0.5) is 0 Å². The minimum Gasteiger partial charge on any atom is -0.387 e. The van der Waals surface area contributed by atoms with Gasteiger partial charge in [0.05, 0.1) is 5.84 Å². The lowest BCUT2D eigenvalue weighted by molar-refractivity contribution is -0.127. The molecule has 1 aliphatic rings. The largest absolute Gasteiger partial charge is 0.387 e. The maximum Gasteiger partial charge on any atom is 0.173 e. The molecule has 34 heavy (non-hydrogen) atoms. The van der Waals surface area contributed by atoms with E-state index in [-0.39, 0.29) is 11.7 Å². The fraction of sp³-hybridized carbons (Fsp3) is 0.226. The molecule has 0 aliphatic carbocycles. The van der Waals surface area contributed by atoms with Gasteiger partial charge in [-0.05, 0) is 48.4 Å². The number of nitrogens with zero attached hydrogens (tertiary/aromatic N) is 1. The molecule has 172 valence electrons. The third kappa shape index (κ3) is 5.09. The van der Waals surface area contributed by atoms with Crippen molar-refractivity contribution in [3.63, 3.8) is 0 Å². The summed E-state index contributed by atoms with van der Waals surface area (Å²) in [7, 11) is 0. The fourth-order valence-corrected chi connectivity index (χ4v) is 4.71. The predicted molar refractivity (Wildman–Crippen MR) is 141 cm³/mol. The molecule has 0 fully saturated rings. The summed E-state index contributed by atoms with van der Waals surface area (Å²) >= 11 is 0. The van der Waals surface area contributed by atoms with Gasteiger partial charge in [-0.1, -0.05) is 109 Å². The number of ketones is 1. The summed E-state index contributed by atoms with van der Waals surface area (Å²) in [4.78, 5) is 18.9. The molecule has 0 amide bonds. The van der Waals surface area contributed by atoms with Crippen molar-refractivity contribution in [3.05, 3.63) is 131 Å². The lowest BCUT2D eigenvalue weighted by Gasteiger charge is -2.37. The van der Waals surface area contributed by atoms with Crippen LogP contribution in [0.5, 0.6) is 0 Å². The van der Waals surface area contributed by atoms with Gasteiger partial charge in [-0.15, -0.1) is 0 Å². The first-order valence-electron chi connectivity index (χ1n) is 12.0. The van der Waals surface area contributed by atoms with Gasteiger partial charge in [-0.3, -0.25) is 4.79 Å². The van der Waals surface area contributed by atoms with Gasteiger partial charge in [0.25, 0.3) is 0 Å². The molecule has 3 aromatic carbocycles. The highest BCUT2D eigenvalue weighted by molar-refractivity contribution is 6.03. The van der Waals surface area contributed by atoms with Crippen molar-refractivity contribution in [2.45, 2.75) is 38.1 Å².